The summed E-state index contributed by atoms with van der Waals surface area (Å²) in [6.07, 6.45) is 2.15. The van der Waals surface area contributed by atoms with Crippen molar-refractivity contribution in [3.05, 3.63) is 129 Å². The minimum atomic E-state index is -1.78. The second-order valence-corrected chi connectivity index (χ2v) is 15.2. The van der Waals surface area contributed by atoms with E-state index in [9.17, 15) is 9.59 Å². The number of methoxy groups -OCH3 is 2. The summed E-state index contributed by atoms with van der Waals surface area (Å²) < 4.78 is 58.3. The van der Waals surface area contributed by atoms with E-state index in [1.54, 1.807) is 14.2 Å². The van der Waals surface area contributed by atoms with Gasteiger partial charge >= 0.3 is 5.69 Å². The lowest BCUT2D eigenvalue weighted by Crippen LogP contribution is -2.40. The van der Waals surface area contributed by atoms with Crippen molar-refractivity contribution in [2.75, 3.05) is 27.4 Å². The van der Waals surface area contributed by atoms with Gasteiger partial charge in [0.2, 0.25) is 0 Å². The van der Waals surface area contributed by atoms with Gasteiger partial charge in [0.15, 0.2) is 12.4 Å². The first-order valence-electron chi connectivity index (χ1n) is 17.9. The van der Waals surface area contributed by atoms with Crippen LogP contribution in [-0.2, 0) is 24.1 Å². The van der Waals surface area contributed by atoms with Crippen LogP contribution >= 0.6 is 8.53 Å². The number of benzene rings is 3. The zero-order valence-corrected chi connectivity index (χ0v) is 30.1. The fourth-order valence-electron chi connectivity index (χ4n) is 8.42. The number of hydrogen-bond donors (Lipinski definition) is 1. The van der Waals surface area contributed by atoms with Crippen LogP contribution in [0.3, 0.4) is 0 Å². The molecule has 3 aliphatic heterocycles. The highest BCUT2D eigenvalue weighted by Gasteiger charge is 2.60. The molecule has 52 heavy (non-hydrogen) atoms. The van der Waals surface area contributed by atoms with E-state index in [0.29, 0.717) is 11.5 Å². The van der Waals surface area contributed by atoms with E-state index in [1.807, 2.05) is 78.9 Å². The van der Waals surface area contributed by atoms with Crippen molar-refractivity contribution in [2.24, 2.45) is 0 Å². The predicted octanol–water partition coefficient (Wildman–Crippen LogP) is 6.22. The Morgan fingerprint density at radius 3 is 2.13 bits per heavy atom. The van der Waals surface area contributed by atoms with Gasteiger partial charge in [0.05, 0.1) is 26.4 Å². The molecule has 1 N–H and O–H groups in total. The van der Waals surface area contributed by atoms with Crippen molar-refractivity contribution in [1.82, 2.24) is 14.2 Å². The van der Waals surface area contributed by atoms with Crippen LogP contribution in [0.15, 0.2) is 101 Å². The highest BCUT2D eigenvalue weighted by Crippen LogP contribution is 2.65. The van der Waals surface area contributed by atoms with Gasteiger partial charge in [-0.1, -0.05) is 67.4 Å². The van der Waals surface area contributed by atoms with Crippen molar-refractivity contribution in [3.8, 4) is 11.5 Å². The van der Waals surface area contributed by atoms with Crippen molar-refractivity contribution in [3.63, 3.8) is 0 Å². The second kappa shape index (κ2) is 14.5. The number of nitrogens with one attached hydrogen (secondary N) is 1. The molecule has 8 rings (SSSR count). The molecular formula is C39H43FN3O8P. The van der Waals surface area contributed by atoms with Crippen LogP contribution in [0.4, 0.5) is 4.39 Å². The number of fused-ring (bicyclic) bond motifs is 2. The van der Waals surface area contributed by atoms with Gasteiger partial charge < -0.3 is 28.0 Å². The molecule has 13 heteroatoms. The highest BCUT2D eigenvalue weighted by molar-refractivity contribution is 7.45. The summed E-state index contributed by atoms with van der Waals surface area (Å²) in [5.41, 5.74) is -0.400. The molecule has 0 radical (unpaired) electrons. The maximum absolute atomic E-state index is 16.9. The lowest BCUT2D eigenvalue weighted by Gasteiger charge is -2.37. The normalized spacial score (nSPS) is 26.9. The maximum atomic E-state index is 16.9. The Bertz CT molecular complexity index is 1910. The first kappa shape index (κ1) is 35.1. The van der Waals surface area contributed by atoms with E-state index in [2.05, 4.69) is 9.65 Å². The second-order valence-electron chi connectivity index (χ2n) is 13.8. The van der Waals surface area contributed by atoms with E-state index in [1.165, 1.54) is 12.3 Å². The Morgan fingerprint density at radius 2 is 1.52 bits per heavy atom. The molecular weight excluding hydrogens is 688 g/mol. The fourth-order valence-corrected chi connectivity index (χ4v) is 10.6. The van der Waals surface area contributed by atoms with E-state index in [0.717, 1.165) is 66.3 Å². The SMILES string of the molecule is COc1ccc(C(OC[C@H]2O[C@@H](n3ccc(=O)[nH]c3=O)[C@H](F)[C@@H]2O[P@]2OC3(CCCC3)[C@@H]3CCCN32)(c2ccccc2)c2ccc(OC)cc2)cc1. The van der Waals surface area contributed by atoms with Crippen molar-refractivity contribution < 1.29 is 32.4 Å². The average Bonchev–Trinajstić information content (AvgIpc) is 3.97. The Morgan fingerprint density at radius 1 is 0.885 bits per heavy atom. The number of alkyl halides is 1. The first-order valence-corrected chi connectivity index (χ1v) is 19.0. The average molecular weight is 732 g/mol. The minimum absolute atomic E-state index is 0.121. The molecule has 4 heterocycles. The molecule has 3 saturated heterocycles. The van der Waals surface area contributed by atoms with Crippen LogP contribution in [0.5, 0.6) is 11.5 Å². The van der Waals surface area contributed by atoms with Gasteiger partial charge in [-0.05, 0) is 66.6 Å². The van der Waals surface area contributed by atoms with Crippen molar-refractivity contribution in [1.29, 1.82) is 0 Å². The molecule has 4 aliphatic rings. The topological polar surface area (TPSA) is 113 Å². The molecule has 0 bridgehead atoms. The number of nitrogens with zero attached hydrogens (tertiary/aromatic N) is 2. The molecule has 274 valence electrons. The van der Waals surface area contributed by atoms with E-state index >= 15 is 4.39 Å². The molecule has 1 aliphatic carbocycles. The third-order valence-corrected chi connectivity index (χ3v) is 12.8. The minimum Gasteiger partial charge on any atom is -0.497 e. The van der Waals surface area contributed by atoms with E-state index in [4.69, 9.17) is 28.0 Å². The standard InChI is InChI=1S/C39H43FN3O8P/c1-46-29-16-12-27(13-17-29)39(26-9-4-3-5-10-26,28-14-18-30(47-2)19-15-28)48-25-31-35(34(40)36(49-31)42-24-20-33(44)41-37(42)45)50-52-43-23-8-11-32(43)38(51-52)21-6-7-22-38/h3-5,9-10,12-20,24,31-32,34-36H,6-8,11,21-23,25H2,1-2H3,(H,41,44,45)/t31-,32+,34-,35-,36-,52-/m1/s1. The zero-order valence-electron chi connectivity index (χ0n) is 29.2. The maximum Gasteiger partial charge on any atom is 0.330 e. The number of aromatic nitrogens is 2. The van der Waals surface area contributed by atoms with Gasteiger partial charge in [-0.3, -0.25) is 14.3 Å². The molecule has 3 aromatic carbocycles. The Hall–Kier alpha value is -3.90. The smallest absolute Gasteiger partial charge is 0.330 e. The van der Waals surface area contributed by atoms with Gasteiger partial charge in [-0.15, -0.1) is 0 Å². The third-order valence-electron chi connectivity index (χ3n) is 11.0. The summed E-state index contributed by atoms with van der Waals surface area (Å²) in [5.74, 6) is 1.36. The molecule has 6 atom stereocenters. The molecule has 1 saturated carbocycles. The largest absolute Gasteiger partial charge is 0.497 e. The molecule has 4 fully saturated rings. The van der Waals surface area contributed by atoms with Crippen LogP contribution in [0.1, 0.15) is 61.4 Å². The number of ether oxygens (including phenoxy) is 4. The molecule has 11 nitrogen and oxygen atoms in total. The summed E-state index contributed by atoms with van der Waals surface area (Å²) in [6.45, 7) is 0.697. The summed E-state index contributed by atoms with van der Waals surface area (Å²) in [5, 5.41) is 0. The van der Waals surface area contributed by atoms with Gasteiger partial charge in [-0.2, -0.15) is 0 Å². The van der Waals surface area contributed by atoms with Gasteiger partial charge in [0.1, 0.15) is 29.3 Å². The quantitative estimate of drug-likeness (QED) is 0.142. The summed E-state index contributed by atoms with van der Waals surface area (Å²) in [6, 6.07) is 26.5. The van der Waals surface area contributed by atoms with Crippen LogP contribution in [0, 0.1) is 0 Å². The van der Waals surface area contributed by atoms with Crippen LogP contribution < -0.4 is 20.7 Å². The highest BCUT2D eigenvalue weighted by atomic mass is 31.2. The first-order chi connectivity index (χ1) is 25.3. The lowest BCUT2D eigenvalue weighted by atomic mass is 9.80. The summed E-state index contributed by atoms with van der Waals surface area (Å²) in [7, 11) is 1.62. The molecule has 0 amide bonds. The van der Waals surface area contributed by atoms with E-state index in [-0.39, 0.29) is 18.2 Å². The monoisotopic (exact) mass is 731 g/mol. The number of hydrogen-bond acceptors (Lipinski definition) is 9. The fraction of sp³-hybridized carbons (Fsp3) is 0.436. The number of aromatic amines is 1. The van der Waals surface area contributed by atoms with Gasteiger partial charge in [0, 0.05) is 24.8 Å². The molecule has 4 aromatic rings. The van der Waals surface area contributed by atoms with Gasteiger partial charge in [0.25, 0.3) is 14.1 Å². The number of H-pyrrole nitrogens is 1. The Labute approximate surface area is 302 Å². The third kappa shape index (κ3) is 6.19. The molecule has 1 spiro atoms. The Kier molecular flexibility index (Phi) is 9.80. The van der Waals surface area contributed by atoms with E-state index < -0.39 is 50.0 Å². The summed E-state index contributed by atoms with van der Waals surface area (Å²) in [4.78, 5) is 27.1. The lowest BCUT2D eigenvalue weighted by molar-refractivity contribution is -0.0932. The molecule has 1 aromatic heterocycles. The predicted molar refractivity (Wildman–Crippen MR) is 192 cm³/mol. The molecule has 0 unspecified atom stereocenters. The van der Waals surface area contributed by atoms with Crippen molar-refractivity contribution in [2.45, 2.75) is 80.4 Å². The van der Waals surface area contributed by atoms with Crippen LogP contribution in [-0.4, -0.2) is 71.6 Å². The van der Waals surface area contributed by atoms with Gasteiger partial charge in [-0.25, -0.2) is 13.9 Å². The van der Waals surface area contributed by atoms with Crippen molar-refractivity contribution >= 4 is 8.53 Å². The summed E-state index contributed by atoms with van der Waals surface area (Å²) >= 11 is 0. The number of halogens is 1. The van der Waals surface area contributed by atoms with Crippen LogP contribution in [0.25, 0.3) is 0 Å². The number of rotatable bonds is 11. The Balaban J connectivity index is 1.18. The van der Waals surface area contributed by atoms with Crippen LogP contribution in [0.2, 0.25) is 0 Å². The zero-order chi connectivity index (χ0) is 35.9.